The third kappa shape index (κ3) is 4.40. The Bertz CT molecular complexity index is 1060. The molecule has 1 fully saturated rings. The third-order valence-electron chi connectivity index (χ3n) is 5.46. The van der Waals surface area contributed by atoms with E-state index in [0.717, 1.165) is 36.4 Å². The highest BCUT2D eigenvalue weighted by Gasteiger charge is 2.30. The van der Waals surface area contributed by atoms with Crippen LogP contribution in [0.25, 0.3) is 0 Å². The molecule has 0 aliphatic carbocycles. The molecule has 0 amide bonds. The van der Waals surface area contributed by atoms with Crippen LogP contribution in [0, 0.1) is 4.77 Å². The predicted molar refractivity (Wildman–Crippen MR) is 115 cm³/mol. The number of aryl methyl sites for hydroxylation is 1. The van der Waals surface area contributed by atoms with E-state index in [0.29, 0.717) is 37.9 Å². The summed E-state index contributed by atoms with van der Waals surface area (Å²) in [6.07, 6.45) is 4.46. The molecule has 1 aromatic heterocycles. The van der Waals surface area contributed by atoms with Gasteiger partial charge in [0.1, 0.15) is 10.7 Å². The van der Waals surface area contributed by atoms with E-state index >= 15 is 0 Å². The largest absolute Gasteiger partial charge is 0.304 e. The van der Waals surface area contributed by atoms with Crippen LogP contribution in [0.3, 0.4) is 0 Å². The van der Waals surface area contributed by atoms with Crippen LogP contribution in [-0.2, 0) is 29.7 Å². The first-order chi connectivity index (χ1) is 13.9. The summed E-state index contributed by atoms with van der Waals surface area (Å²) in [6, 6.07) is 4.50. The van der Waals surface area contributed by atoms with Crippen molar-refractivity contribution in [3.05, 3.63) is 38.8 Å². The molecule has 29 heavy (non-hydrogen) atoms. The van der Waals surface area contributed by atoms with Crippen LogP contribution in [0.15, 0.2) is 23.1 Å². The molecule has 0 saturated carbocycles. The molecule has 2 aliphatic rings. The van der Waals surface area contributed by atoms with E-state index in [1.54, 1.807) is 6.07 Å². The normalized spacial score (nSPS) is 19.1. The van der Waals surface area contributed by atoms with Crippen molar-refractivity contribution >= 4 is 45.4 Å². The Morgan fingerprint density at radius 3 is 2.55 bits per heavy atom. The van der Waals surface area contributed by atoms with Gasteiger partial charge in [-0.3, -0.25) is 4.90 Å². The minimum absolute atomic E-state index is 0.0557. The summed E-state index contributed by atoms with van der Waals surface area (Å²) in [5, 5.41) is 5.24. The number of aromatic nitrogens is 3. The van der Waals surface area contributed by atoms with E-state index in [4.69, 9.17) is 40.5 Å². The van der Waals surface area contributed by atoms with Crippen LogP contribution >= 0.6 is 35.4 Å². The zero-order valence-electron chi connectivity index (χ0n) is 15.9. The molecule has 7 nitrogen and oxygen atoms in total. The number of hydrogen-bond acceptors (Lipinski definition) is 5. The molecule has 0 spiro atoms. The van der Waals surface area contributed by atoms with Crippen LogP contribution in [-0.4, -0.2) is 58.1 Å². The average molecular weight is 476 g/mol. The smallest absolute Gasteiger partial charge is 0.244 e. The minimum Gasteiger partial charge on any atom is -0.304 e. The van der Waals surface area contributed by atoms with Gasteiger partial charge in [-0.1, -0.05) is 29.6 Å². The highest BCUT2D eigenvalue weighted by molar-refractivity contribution is 7.89. The van der Waals surface area contributed by atoms with Gasteiger partial charge in [0.2, 0.25) is 10.0 Å². The SMILES string of the molecule is O=S(=O)(c1cc(Cl)ccc1Cl)N1CCN(Cn2nc3n(c2=S)CCCCC3)CC1. The lowest BCUT2D eigenvalue weighted by molar-refractivity contribution is 0.144. The maximum Gasteiger partial charge on any atom is 0.244 e. The van der Waals surface area contributed by atoms with E-state index in [1.165, 1.54) is 22.9 Å². The second-order valence-electron chi connectivity index (χ2n) is 7.40. The summed E-state index contributed by atoms with van der Waals surface area (Å²) in [5.41, 5.74) is 0. The number of halogens is 2. The van der Waals surface area contributed by atoms with Crippen LogP contribution in [0.5, 0.6) is 0 Å². The molecule has 0 radical (unpaired) electrons. The Labute approximate surface area is 185 Å². The van der Waals surface area contributed by atoms with E-state index in [-0.39, 0.29) is 9.92 Å². The number of piperazine rings is 1. The lowest BCUT2D eigenvalue weighted by Crippen LogP contribution is -2.49. The van der Waals surface area contributed by atoms with Crippen LogP contribution in [0.4, 0.5) is 0 Å². The Hall–Kier alpha value is -0.970. The topological polar surface area (TPSA) is 63.4 Å². The monoisotopic (exact) mass is 475 g/mol. The zero-order valence-corrected chi connectivity index (χ0v) is 19.1. The second-order valence-corrected chi connectivity index (χ2v) is 10.5. The lowest BCUT2D eigenvalue weighted by atomic mass is 10.2. The minimum atomic E-state index is -3.68. The van der Waals surface area contributed by atoms with Crippen molar-refractivity contribution in [3.8, 4) is 0 Å². The van der Waals surface area contributed by atoms with Crippen molar-refractivity contribution in [2.45, 2.75) is 43.8 Å². The summed E-state index contributed by atoms with van der Waals surface area (Å²) >= 11 is 17.7. The number of fused-ring (bicyclic) bond motifs is 1. The quantitative estimate of drug-likeness (QED) is 0.633. The van der Waals surface area contributed by atoms with Crippen LogP contribution < -0.4 is 0 Å². The Balaban J connectivity index is 1.44. The Morgan fingerprint density at radius 2 is 1.79 bits per heavy atom. The molecule has 1 saturated heterocycles. The van der Waals surface area contributed by atoms with E-state index in [2.05, 4.69) is 9.47 Å². The maximum atomic E-state index is 13.0. The van der Waals surface area contributed by atoms with Gasteiger partial charge in [0.25, 0.3) is 0 Å². The molecule has 2 aliphatic heterocycles. The van der Waals surface area contributed by atoms with Crippen LogP contribution in [0.1, 0.15) is 25.1 Å². The molecular weight excluding hydrogens is 453 g/mol. The van der Waals surface area contributed by atoms with Gasteiger partial charge in [-0.25, -0.2) is 13.1 Å². The standard InChI is InChI=1S/C18H23Cl2N5O2S2/c19-14-5-6-15(20)16(12-14)29(26,27)23-10-8-22(9-11-23)13-25-18(28)24-7-3-1-2-4-17(24)21-25/h5-6,12H,1-4,7-11,13H2. The van der Waals surface area contributed by atoms with Gasteiger partial charge in [0.15, 0.2) is 4.77 Å². The fraction of sp³-hybridized carbons (Fsp3) is 0.556. The molecule has 158 valence electrons. The summed E-state index contributed by atoms with van der Waals surface area (Å²) in [7, 11) is -3.68. The fourth-order valence-electron chi connectivity index (χ4n) is 3.83. The van der Waals surface area contributed by atoms with Crippen molar-refractivity contribution in [1.82, 2.24) is 23.6 Å². The highest BCUT2D eigenvalue weighted by atomic mass is 35.5. The highest BCUT2D eigenvalue weighted by Crippen LogP contribution is 2.28. The van der Waals surface area contributed by atoms with Gasteiger partial charge >= 0.3 is 0 Å². The number of benzene rings is 1. The number of sulfonamides is 1. The summed E-state index contributed by atoms with van der Waals surface area (Å²) in [5.74, 6) is 1.06. The van der Waals surface area contributed by atoms with Gasteiger partial charge < -0.3 is 4.57 Å². The van der Waals surface area contributed by atoms with Gasteiger partial charge in [-0.05, 0) is 43.3 Å². The lowest BCUT2D eigenvalue weighted by Gasteiger charge is -2.33. The first-order valence-corrected chi connectivity index (χ1v) is 12.3. The first kappa shape index (κ1) is 21.3. The molecule has 3 heterocycles. The van der Waals surface area contributed by atoms with Crippen molar-refractivity contribution in [2.24, 2.45) is 0 Å². The van der Waals surface area contributed by atoms with Crippen molar-refractivity contribution in [1.29, 1.82) is 0 Å². The van der Waals surface area contributed by atoms with Crippen LogP contribution in [0.2, 0.25) is 10.0 Å². The molecule has 1 aromatic carbocycles. The molecule has 0 N–H and O–H groups in total. The Kier molecular flexibility index (Phi) is 6.34. The second kappa shape index (κ2) is 8.64. The summed E-state index contributed by atoms with van der Waals surface area (Å²) in [4.78, 5) is 2.23. The third-order valence-corrected chi connectivity index (χ3v) is 8.50. The van der Waals surface area contributed by atoms with E-state index < -0.39 is 10.0 Å². The summed E-state index contributed by atoms with van der Waals surface area (Å²) < 4.78 is 32.2. The molecule has 2 aromatic rings. The first-order valence-electron chi connectivity index (χ1n) is 9.70. The number of rotatable bonds is 4. The maximum absolute atomic E-state index is 13.0. The number of nitrogens with zero attached hydrogens (tertiary/aromatic N) is 5. The predicted octanol–water partition coefficient (Wildman–Crippen LogP) is 3.41. The summed E-state index contributed by atoms with van der Waals surface area (Å²) in [6.45, 7) is 3.46. The Morgan fingerprint density at radius 1 is 1.03 bits per heavy atom. The van der Waals surface area contributed by atoms with Gasteiger partial charge in [0, 0.05) is 44.2 Å². The fourth-order valence-corrected chi connectivity index (χ4v) is 6.29. The molecule has 11 heteroatoms. The van der Waals surface area contributed by atoms with Gasteiger partial charge in [-0.2, -0.15) is 9.40 Å². The van der Waals surface area contributed by atoms with Crippen molar-refractivity contribution in [2.75, 3.05) is 26.2 Å². The molecule has 0 atom stereocenters. The molecular formula is C18H23Cl2N5O2S2. The van der Waals surface area contributed by atoms with Gasteiger partial charge in [0.05, 0.1) is 11.7 Å². The van der Waals surface area contributed by atoms with Crippen molar-refractivity contribution < 1.29 is 8.42 Å². The molecule has 0 bridgehead atoms. The molecule has 4 rings (SSSR count). The zero-order chi connectivity index (χ0) is 20.6. The van der Waals surface area contributed by atoms with E-state index in [1.807, 2.05) is 4.68 Å². The molecule has 0 unspecified atom stereocenters. The average Bonchev–Trinajstić information content (AvgIpc) is 2.86. The van der Waals surface area contributed by atoms with Gasteiger partial charge in [-0.15, -0.1) is 0 Å². The number of hydrogen-bond donors (Lipinski definition) is 0. The van der Waals surface area contributed by atoms with Crippen molar-refractivity contribution in [3.63, 3.8) is 0 Å². The van der Waals surface area contributed by atoms with E-state index in [9.17, 15) is 8.42 Å².